The Morgan fingerprint density at radius 3 is 2.95 bits per heavy atom. The summed E-state index contributed by atoms with van der Waals surface area (Å²) in [6.45, 7) is 9.87. The maximum atomic E-state index is 9.07. The van der Waals surface area contributed by atoms with Crippen LogP contribution in [0, 0.1) is 17.9 Å². The molecule has 1 aliphatic rings. The summed E-state index contributed by atoms with van der Waals surface area (Å²) in [4.78, 5) is 9.47. The van der Waals surface area contributed by atoms with Gasteiger partial charge >= 0.3 is 6.92 Å². The van der Waals surface area contributed by atoms with E-state index in [0.29, 0.717) is 18.0 Å². The molecule has 5 nitrogen and oxygen atoms in total. The first kappa shape index (κ1) is 14.1. The summed E-state index contributed by atoms with van der Waals surface area (Å²) in [5.41, 5.74) is 3.76. The first-order chi connectivity index (χ1) is 10.6. The molecule has 0 unspecified atom stereocenters. The van der Waals surface area contributed by atoms with E-state index < -0.39 is 0 Å². The highest BCUT2D eigenvalue weighted by Crippen LogP contribution is 2.27. The van der Waals surface area contributed by atoms with Gasteiger partial charge in [0.25, 0.3) is 5.82 Å². The van der Waals surface area contributed by atoms with Gasteiger partial charge in [-0.3, -0.25) is 0 Å². The maximum absolute atomic E-state index is 9.07. The van der Waals surface area contributed by atoms with Gasteiger partial charge in [0.2, 0.25) is 5.82 Å². The first-order valence-electron chi connectivity index (χ1n) is 6.90. The highest BCUT2D eigenvalue weighted by molar-refractivity contribution is 6.67. The van der Waals surface area contributed by atoms with Crippen LogP contribution in [0.2, 0.25) is 6.82 Å². The first-order valence-corrected chi connectivity index (χ1v) is 6.90. The van der Waals surface area contributed by atoms with Crippen molar-refractivity contribution in [1.29, 1.82) is 5.26 Å². The van der Waals surface area contributed by atoms with Crippen molar-refractivity contribution in [2.45, 2.75) is 13.4 Å². The van der Waals surface area contributed by atoms with Crippen LogP contribution in [0.3, 0.4) is 0 Å². The number of fused-ring (bicyclic) bond motifs is 1. The van der Waals surface area contributed by atoms with Gasteiger partial charge in [0.1, 0.15) is 0 Å². The van der Waals surface area contributed by atoms with Gasteiger partial charge in [0.05, 0.1) is 12.7 Å². The van der Waals surface area contributed by atoms with Gasteiger partial charge in [0, 0.05) is 24.4 Å². The summed E-state index contributed by atoms with van der Waals surface area (Å²) in [6, 6.07) is 11.4. The average molecular weight is 288 g/mol. The number of hydrogen-bond donors (Lipinski definition) is 0. The Bertz CT molecular complexity index is 790. The molecule has 1 aromatic heterocycles. The molecule has 0 spiro atoms. The fourth-order valence-corrected chi connectivity index (χ4v) is 2.55. The molecule has 0 radical (unpaired) electrons. The molecule has 0 saturated heterocycles. The summed E-state index contributed by atoms with van der Waals surface area (Å²) in [7, 11) is 1.87. The quantitative estimate of drug-likeness (QED) is 0.629. The lowest BCUT2D eigenvalue weighted by Gasteiger charge is -2.17. The number of nitriles is 1. The Kier molecular flexibility index (Phi) is 3.54. The molecule has 0 aliphatic carbocycles. The van der Waals surface area contributed by atoms with Crippen molar-refractivity contribution in [2.75, 3.05) is 11.9 Å². The van der Waals surface area contributed by atoms with Gasteiger partial charge in [-0.05, 0) is 29.2 Å². The van der Waals surface area contributed by atoms with Gasteiger partial charge < -0.3 is 14.4 Å². The third kappa shape index (κ3) is 2.41. The lowest BCUT2D eigenvalue weighted by atomic mass is 9.64. The van der Waals surface area contributed by atoms with Gasteiger partial charge in [-0.1, -0.05) is 19.5 Å². The van der Waals surface area contributed by atoms with Crippen molar-refractivity contribution in [3.8, 4) is 6.07 Å². The topological polar surface area (TPSA) is 53.5 Å². The van der Waals surface area contributed by atoms with Crippen molar-refractivity contribution in [1.82, 2.24) is 4.98 Å². The zero-order chi connectivity index (χ0) is 15.7. The molecule has 22 heavy (non-hydrogen) atoms. The summed E-state index contributed by atoms with van der Waals surface area (Å²) >= 11 is 0. The Hall–Kier alpha value is -2.83. The van der Waals surface area contributed by atoms with E-state index in [2.05, 4.69) is 28.0 Å². The minimum atomic E-state index is 0.128. The van der Waals surface area contributed by atoms with Crippen molar-refractivity contribution in [3.63, 3.8) is 0 Å². The second-order valence-electron chi connectivity index (χ2n) is 5.19. The molecular formula is C16H13BN4O. The normalized spacial score (nSPS) is 12.5. The lowest BCUT2D eigenvalue weighted by Crippen LogP contribution is -2.24. The standard InChI is InChI=1S/C16H13BN4O/c1-17-14-5-4-13(8-12(14)10-22-17)21(3)16-7-11(9-18)6-15(19-2)20-16/h4-8H,10H2,1,3H3. The summed E-state index contributed by atoms with van der Waals surface area (Å²) in [5.74, 6) is 0.802. The third-order valence-corrected chi connectivity index (χ3v) is 3.83. The van der Waals surface area contributed by atoms with E-state index in [9.17, 15) is 0 Å². The Morgan fingerprint density at radius 1 is 1.41 bits per heavy atom. The molecule has 0 N–H and O–H groups in total. The minimum absolute atomic E-state index is 0.128. The van der Waals surface area contributed by atoms with Gasteiger partial charge in [-0.15, -0.1) is 4.98 Å². The molecule has 2 heterocycles. The second kappa shape index (κ2) is 5.52. The fourth-order valence-electron chi connectivity index (χ4n) is 2.55. The number of hydrogen-bond acceptors (Lipinski definition) is 4. The summed E-state index contributed by atoms with van der Waals surface area (Å²) < 4.78 is 5.62. The van der Waals surface area contributed by atoms with Gasteiger partial charge in [-0.25, -0.2) is 0 Å². The van der Waals surface area contributed by atoms with E-state index in [0.717, 1.165) is 5.69 Å². The fraction of sp³-hybridized carbons (Fsp3) is 0.188. The van der Waals surface area contributed by atoms with Crippen LogP contribution >= 0.6 is 0 Å². The second-order valence-corrected chi connectivity index (χ2v) is 5.19. The van der Waals surface area contributed by atoms with Crippen LogP contribution in [0.5, 0.6) is 0 Å². The molecule has 0 saturated carbocycles. The Labute approximate surface area is 129 Å². The van der Waals surface area contributed by atoms with Gasteiger partial charge in [0.15, 0.2) is 0 Å². The van der Waals surface area contributed by atoms with Crippen LogP contribution in [-0.2, 0) is 11.3 Å². The van der Waals surface area contributed by atoms with E-state index in [1.165, 1.54) is 17.1 Å². The molecule has 0 amide bonds. The predicted octanol–water partition coefficient (Wildman–Crippen LogP) is 2.63. The molecule has 106 valence electrons. The molecular weight excluding hydrogens is 275 g/mol. The number of pyridine rings is 1. The van der Waals surface area contributed by atoms with E-state index in [4.69, 9.17) is 16.5 Å². The lowest BCUT2D eigenvalue weighted by molar-refractivity contribution is 0.333. The van der Waals surface area contributed by atoms with Crippen molar-refractivity contribution >= 4 is 29.7 Å². The van der Waals surface area contributed by atoms with Crippen molar-refractivity contribution < 1.29 is 4.65 Å². The molecule has 3 rings (SSSR count). The van der Waals surface area contributed by atoms with Crippen LogP contribution in [-0.4, -0.2) is 18.9 Å². The van der Waals surface area contributed by atoms with Gasteiger partial charge in [-0.2, -0.15) is 5.26 Å². The zero-order valence-electron chi connectivity index (χ0n) is 12.4. The van der Waals surface area contributed by atoms with Crippen LogP contribution in [0.4, 0.5) is 17.3 Å². The monoisotopic (exact) mass is 288 g/mol. The Balaban J connectivity index is 2.00. The number of anilines is 2. The number of benzene rings is 1. The summed E-state index contributed by atoms with van der Waals surface area (Å²) in [6.07, 6.45) is 0. The predicted molar refractivity (Wildman–Crippen MR) is 85.8 cm³/mol. The van der Waals surface area contributed by atoms with E-state index >= 15 is 0 Å². The SMILES string of the molecule is [C-]#[N+]c1cc(C#N)cc(N(C)c2ccc3c(c2)COB3C)n1. The largest absolute Gasteiger partial charge is 0.427 e. The minimum Gasteiger partial charge on any atom is -0.427 e. The number of nitrogens with zero attached hydrogens (tertiary/aromatic N) is 4. The number of aromatic nitrogens is 1. The molecule has 0 bridgehead atoms. The van der Waals surface area contributed by atoms with E-state index in [-0.39, 0.29) is 12.7 Å². The van der Waals surface area contributed by atoms with Crippen LogP contribution in [0.15, 0.2) is 30.3 Å². The zero-order valence-corrected chi connectivity index (χ0v) is 12.4. The smallest absolute Gasteiger partial charge is 0.324 e. The molecule has 1 aromatic carbocycles. The average Bonchev–Trinajstić information content (AvgIpc) is 2.94. The maximum Gasteiger partial charge on any atom is 0.324 e. The molecule has 6 heteroatoms. The van der Waals surface area contributed by atoms with E-state index in [1.807, 2.05) is 24.8 Å². The molecule has 1 aliphatic heterocycles. The Morgan fingerprint density at radius 2 is 2.23 bits per heavy atom. The molecule has 2 aromatic rings. The van der Waals surface area contributed by atoms with Crippen LogP contribution in [0.25, 0.3) is 4.85 Å². The molecule has 0 fully saturated rings. The van der Waals surface area contributed by atoms with Crippen molar-refractivity contribution in [3.05, 3.63) is 52.9 Å². The van der Waals surface area contributed by atoms with E-state index in [1.54, 1.807) is 6.07 Å². The molecule has 0 atom stereocenters. The summed E-state index contributed by atoms with van der Waals surface area (Å²) in [5, 5.41) is 9.07. The van der Waals surface area contributed by atoms with Crippen LogP contribution < -0.4 is 10.4 Å². The third-order valence-electron chi connectivity index (χ3n) is 3.83. The number of rotatable bonds is 2. The van der Waals surface area contributed by atoms with Crippen LogP contribution in [0.1, 0.15) is 11.1 Å². The highest BCUT2D eigenvalue weighted by Gasteiger charge is 2.24. The highest BCUT2D eigenvalue weighted by atomic mass is 16.4. The van der Waals surface area contributed by atoms with Crippen molar-refractivity contribution in [2.24, 2.45) is 0 Å².